The van der Waals surface area contributed by atoms with Crippen LogP contribution in [0.1, 0.15) is 73.1 Å². The summed E-state index contributed by atoms with van der Waals surface area (Å²) in [6.45, 7) is 14.2. The number of hydrogen-bond acceptors (Lipinski definition) is 1. The molecule has 0 amide bonds. The summed E-state index contributed by atoms with van der Waals surface area (Å²) < 4.78 is 0. The first kappa shape index (κ1) is 17.0. The van der Waals surface area contributed by atoms with Gasteiger partial charge in [0, 0.05) is 0 Å². The molecule has 0 aromatic rings. The van der Waals surface area contributed by atoms with Crippen molar-refractivity contribution in [1.82, 2.24) is 4.90 Å². The lowest BCUT2D eigenvalue weighted by Crippen LogP contribution is -2.22. The monoisotopic (exact) mass is 241 g/mol. The third kappa shape index (κ3) is 13.9. The number of unbranched alkanes of at least 4 members (excludes halogenated alkanes) is 3. The van der Waals surface area contributed by atoms with E-state index in [0.29, 0.717) is 5.41 Å². The Morgan fingerprint density at radius 1 is 0.882 bits per heavy atom. The lowest BCUT2D eigenvalue weighted by Gasteiger charge is -2.19. The molecule has 0 saturated heterocycles. The van der Waals surface area contributed by atoms with Gasteiger partial charge in [-0.2, -0.15) is 0 Å². The molecule has 0 radical (unpaired) electrons. The van der Waals surface area contributed by atoms with Crippen LogP contribution < -0.4 is 0 Å². The highest BCUT2D eigenvalue weighted by atomic mass is 15.1. The Morgan fingerprint density at radius 3 is 2.00 bits per heavy atom. The second-order valence-electron chi connectivity index (χ2n) is 7.21. The van der Waals surface area contributed by atoms with Crippen molar-refractivity contribution in [1.29, 1.82) is 0 Å². The van der Waals surface area contributed by atoms with E-state index in [4.69, 9.17) is 0 Å². The van der Waals surface area contributed by atoms with E-state index in [2.05, 4.69) is 46.6 Å². The molecule has 0 aromatic heterocycles. The molecule has 0 aromatic carbocycles. The van der Waals surface area contributed by atoms with Crippen LogP contribution in [-0.4, -0.2) is 25.0 Å². The second kappa shape index (κ2) is 8.97. The lowest BCUT2D eigenvalue weighted by atomic mass is 9.89. The molecule has 0 fully saturated rings. The van der Waals surface area contributed by atoms with Crippen LogP contribution in [0.5, 0.6) is 0 Å². The maximum atomic E-state index is 2.49. The molecule has 1 nitrogen and oxygen atoms in total. The highest BCUT2D eigenvalue weighted by Crippen LogP contribution is 2.22. The predicted molar refractivity (Wildman–Crippen MR) is 79.5 cm³/mol. The Balaban J connectivity index is 3.28. The van der Waals surface area contributed by atoms with Gasteiger partial charge in [0.1, 0.15) is 0 Å². The standard InChI is InChI=1S/C16H35N/c1-15(2)11-14-17(6)13-10-8-7-9-12-16(3,4)5/h15H,7-14H2,1-6H3. The van der Waals surface area contributed by atoms with Gasteiger partial charge >= 0.3 is 0 Å². The summed E-state index contributed by atoms with van der Waals surface area (Å²) in [4.78, 5) is 2.49. The van der Waals surface area contributed by atoms with Crippen molar-refractivity contribution >= 4 is 0 Å². The topological polar surface area (TPSA) is 3.24 Å². The first-order valence-electron chi connectivity index (χ1n) is 7.50. The molecule has 0 N–H and O–H groups in total. The first-order valence-corrected chi connectivity index (χ1v) is 7.50. The molecule has 0 aliphatic carbocycles. The Labute approximate surface area is 110 Å². The Hall–Kier alpha value is -0.0400. The van der Waals surface area contributed by atoms with Crippen molar-refractivity contribution in [2.75, 3.05) is 20.1 Å². The summed E-state index contributed by atoms with van der Waals surface area (Å²) in [5.74, 6) is 0.837. The summed E-state index contributed by atoms with van der Waals surface area (Å²) in [6.07, 6.45) is 8.30. The molecule has 17 heavy (non-hydrogen) atoms. The predicted octanol–water partition coefficient (Wildman–Crippen LogP) is 4.96. The fraction of sp³-hybridized carbons (Fsp3) is 1.00. The smallest absolute Gasteiger partial charge is 0.00194 e. The van der Waals surface area contributed by atoms with Gasteiger partial charge in [-0.25, -0.2) is 0 Å². The van der Waals surface area contributed by atoms with Crippen molar-refractivity contribution in [3.05, 3.63) is 0 Å². The average molecular weight is 241 g/mol. The van der Waals surface area contributed by atoms with Crippen molar-refractivity contribution < 1.29 is 0 Å². The van der Waals surface area contributed by atoms with E-state index < -0.39 is 0 Å². The summed E-state index contributed by atoms with van der Waals surface area (Å²) >= 11 is 0. The molecule has 1 heteroatoms. The van der Waals surface area contributed by atoms with E-state index in [0.717, 1.165) is 5.92 Å². The molecule has 0 rings (SSSR count). The van der Waals surface area contributed by atoms with Crippen LogP contribution >= 0.6 is 0 Å². The van der Waals surface area contributed by atoms with Crippen LogP contribution in [0.4, 0.5) is 0 Å². The molecule has 0 aliphatic heterocycles. The van der Waals surface area contributed by atoms with Crippen LogP contribution in [-0.2, 0) is 0 Å². The van der Waals surface area contributed by atoms with E-state index in [1.807, 2.05) is 0 Å². The van der Waals surface area contributed by atoms with Gasteiger partial charge in [-0.3, -0.25) is 0 Å². The summed E-state index contributed by atoms with van der Waals surface area (Å²) in [6, 6.07) is 0. The maximum Gasteiger partial charge on any atom is -0.00194 e. The van der Waals surface area contributed by atoms with Crippen LogP contribution in [0.2, 0.25) is 0 Å². The van der Waals surface area contributed by atoms with Gasteiger partial charge in [0.2, 0.25) is 0 Å². The zero-order valence-electron chi connectivity index (χ0n) is 13.2. The molecule has 0 bridgehead atoms. The Morgan fingerprint density at radius 2 is 1.47 bits per heavy atom. The fourth-order valence-electron chi connectivity index (χ4n) is 1.98. The highest BCUT2D eigenvalue weighted by Gasteiger charge is 2.08. The minimum absolute atomic E-state index is 0.522. The van der Waals surface area contributed by atoms with Gasteiger partial charge in [-0.05, 0) is 50.7 Å². The van der Waals surface area contributed by atoms with Gasteiger partial charge < -0.3 is 4.90 Å². The van der Waals surface area contributed by atoms with Crippen LogP contribution in [0.25, 0.3) is 0 Å². The molecule has 0 saturated carbocycles. The minimum Gasteiger partial charge on any atom is -0.306 e. The zero-order valence-corrected chi connectivity index (χ0v) is 13.2. The van der Waals surface area contributed by atoms with E-state index in [-0.39, 0.29) is 0 Å². The Kier molecular flexibility index (Phi) is 8.94. The van der Waals surface area contributed by atoms with Crippen molar-refractivity contribution in [3.8, 4) is 0 Å². The van der Waals surface area contributed by atoms with Gasteiger partial charge in [0.25, 0.3) is 0 Å². The van der Waals surface area contributed by atoms with E-state index >= 15 is 0 Å². The number of hydrogen-bond donors (Lipinski definition) is 0. The van der Waals surface area contributed by atoms with Crippen molar-refractivity contribution in [3.63, 3.8) is 0 Å². The van der Waals surface area contributed by atoms with E-state index in [1.54, 1.807) is 0 Å². The molecular formula is C16H35N. The minimum atomic E-state index is 0.522. The summed E-state index contributed by atoms with van der Waals surface area (Å²) in [5.41, 5.74) is 0.522. The fourth-order valence-corrected chi connectivity index (χ4v) is 1.98. The number of rotatable bonds is 9. The molecule has 104 valence electrons. The van der Waals surface area contributed by atoms with Crippen LogP contribution in [0.15, 0.2) is 0 Å². The first-order chi connectivity index (χ1) is 7.81. The third-order valence-electron chi connectivity index (χ3n) is 3.30. The molecule has 0 aliphatic rings. The van der Waals surface area contributed by atoms with Crippen molar-refractivity contribution in [2.45, 2.75) is 73.1 Å². The van der Waals surface area contributed by atoms with E-state index in [9.17, 15) is 0 Å². The Bertz CT molecular complexity index is 167. The summed E-state index contributed by atoms with van der Waals surface area (Å²) in [5, 5.41) is 0. The highest BCUT2D eigenvalue weighted by molar-refractivity contribution is 4.61. The normalized spacial score (nSPS) is 12.7. The van der Waals surface area contributed by atoms with Crippen LogP contribution in [0.3, 0.4) is 0 Å². The lowest BCUT2D eigenvalue weighted by molar-refractivity contribution is 0.299. The molecular weight excluding hydrogens is 206 g/mol. The van der Waals surface area contributed by atoms with Gasteiger partial charge in [-0.1, -0.05) is 53.9 Å². The molecule has 0 spiro atoms. The molecule has 0 unspecified atom stereocenters. The van der Waals surface area contributed by atoms with Gasteiger partial charge in [0.15, 0.2) is 0 Å². The quantitative estimate of drug-likeness (QED) is 0.516. The van der Waals surface area contributed by atoms with Gasteiger partial charge in [0.05, 0.1) is 0 Å². The average Bonchev–Trinajstić information content (AvgIpc) is 2.18. The second-order valence-corrected chi connectivity index (χ2v) is 7.21. The largest absolute Gasteiger partial charge is 0.306 e. The molecule has 0 heterocycles. The SMILES string of the molecule is CC(C)CCN(C)CCCCCCC(C)(C)C. The summed E-state index contributed by atoms with van der Waals surface area (Å²) in [7, 11) is 2.26. The van der Waals surface area contributed by atoms with Gasteiger partial charge in [-0.15, -0.1) is 0 Å². The van der Waals surface area contributed by atoms with E-state index in [1.165, 1.54) is 51.6 Å². The zero-order chi connectivity index (χ0) is 13.3. The number of nitrogens with zero attached hydrogens (tertiary/aromatic N) is 1. The third-order valence-corrected chi connectivity index (χ3v) is 3.30. The molecule has 0 atom stereocenters. The van der Waals surface area contributed by atoms with Crippen molar-refractivity contribution in [2.24, 2.45) is 11.3 Å². The van der Waals surface area contributed by atoms with Crippen LogP contribution in [0, 0.1) is 11.3 Å². The maximum absolute atomic E-state index is 2.49.